The highest BCUT2D eigenvalue weighted by Gasteiger charge is 2.34. The number of piperidine rings is 1. The molecule has 0 atom stereocenters. The van der Waals surface area contributed by atoms with Gasteiger partial charge >= 0.3 is 6.18 Å². The van der Waals surface area contributed by atoms with Crippen molar-refractivity contribution in [3.05, 3.63) is 29.3 Å². The molecule has 1 saturated heterocycles. The van der Waals surface area contributed by atoms with Gasteiger partial charge in [0.05, 0.1) is 11.7 Å². The zero-order valence-electron chi connectivity index (χ0n) is 11.2. The van der Waals surface area contributed by atoms with Gasteiger partial charge in [0.15, 0.2) is 0 Å². The third-order valence-electron chi connectivity index (χ3n) is 3.68. The van der Waals surface area contributed by atoms with Crippen molar-refractivity contribution in [1.82, 2.24) is 0 Å². The van der Waals surface area contributed by atoms with Crippen molar-refractivity contribution in [2.75, 3.05) is 25.1 Å². The Balaban J connectivity index is 2.21. The fourth-order valence-electron chi connectivity index (χ4n) is 2.49. The maximum Gasteiger partial charge on any atom is 0.416 e. The number of ether oxygens (including phenoxy) is 1. The Morgan fingerprint density at radius 1 is 1.30 bits per heavy atom. The van der Waals surface area contributed by atoms with Crippen molar-refractivity contribution in [3.63, 3.8) is 0 Å². The van der Waals surface area contributed by atoms with Crippen molar-refractivity contribution in [2.24, 2.45) is 0 Å². The first-order valence-electron chi connectivity index (χ1n) is 6.49. The second-order valence-corrected chi connectivity index (χ2v) is 5.16. The average Bonchev–Trinajstić information content (AvgIpc) is 2.46. The molecule has 0 aliphatic carbocycles. The molecule has 1 fully saturated rings. The molecule has 0 spiro atoms. The Hall–Kier alpha value is -0.940. The van der Waals surface area contributed by atoms with Gasteiger partial charge in [-0.1, -0.05) is 6.07 Å². The molecule has 0 amide bonds. The van der Waals surface area contributed by atoms with E-state index < -0.39 is 11.7 Å². The van der Waals surface area contributed by atoms with Gasteiger partial charge in [-0.25, -0.2) is 0 Å². The lowest BCUT2D eigenvalue weighted by molar-refractivity contribution is -0.138. The SMILES string of the molecule is COC1CCN(c2ccc(CCl)c(C(F)(F)F)c2)CC1. The van der Waals surface area contributed by atoms with Gasteiger partial charge in [-0.3, -0.25) is 0 Å². The molecule has 20 heavy (non-hydrogen) atoms. The number of nitrogens with zero attached hydrogens (tertiary/aromatic N) is 1. The minimum atomic E-state index is -4.37. The topological polar surface area (TPSA) is 12.5 Å². The van der Waals surface area contributed by atoms with Gasteiger partial charge in [-0.05, 0) is 30.5 Å². The summed E-state index contributed by atoms with van der Waals surface area (Å²) < 4.78 is 44.3. The van der Waals surface area contributed by atoms with E-state index in [1.807, 2.05) is 4.90 Å². The van der Waals surface area contributed by atoms with Crippen LogP contribution in [0.25, 0.3) is 0 Å². The van der Waals surface area contributed by atoms with E-state index in [1.165, 1.54) is 12.1 Å². The zero-order chi connectivity index (χ0) is 14.8. The van der Waals surface area contributed by atoms with Crippen LogP contribution in [0.2, 0.25) is 0 Å². The van der Waals surface area contributed by atoms with Crippen LogP contribution in [0.15, 0.2) is 18.2 Å². The summed E-state index contributed by atoms with van der Waals surface area (Å²) in [6, 6.07) is 4.37. The Morgan fingerprint density at radius 3 is 2.45 bits per heavy atom. The average molecular weight is 308 g/mol. The molecule has 2 rings (SSSR count). The van der Waals surface area contributed by atoms with Crippen LogP contribution in [0, 0.1) is 0 Å². The molecule has 1 aliphatic heterocycles. The molecule has 1 aliphatic rings. The highest BCUT2D eigenvalue weighted by molar-refractivity contribution is 6.17. The Kier molecular flexibility index (Phi) is 4.81. The third-order valence-corrected chi connectivity index (χ3v) is 3.97. The Labute approximate surface area is 121 Å². The first-order chi connectivity index (χ1) is 9.45. The number of alkyl halides is 4. The minimum Gasteiger partial charge on any atom is -0.381 e. The summed E-state index contributed by atoms with van der Waals surface area (Å²) in [5.41, 5.74) is 0.0781. The highest BCUT2D eigenvalue weighted by atomic mass is 35.5. The maximum absolute atomic E-state index is 13.0. The number of methoxy groups -OCH3 is 1. The van der Waals surface area contributed by atoms with Crippen LogP contribution in [0.3, 0.4) is 0 Å². The molecular weight excluding hydrogens is 291 g/mol. The Bertz CT molecular complexity index is 456. The standard InChI is InChI=1S/C14H17ClF3NO/c1-20-12-4-6-19(7-5-12)11-3-2-10(9-15)13(8-11)14(16,17)18/h2-3,8,12H,4-7,9H2,1H3. The van der Waals surface area contributed by atoms with E-state index in [-0.39, 0.29) is 17.5 Å². The summed E-state index contributed by atoms with van der Waals surface area (Å²) in [6.07, 6.45) is -2.51. The minimum absolute atomic E-state index is 0.120. The third kappa shape index (κ3) is 3.38. The molecule has 0 aromatic heterocycles. The summed E-state index contributed by atoms with van der Waals surface area (Å²) in [5.74, 6) is -0.138. The maximum atomic E-state index is 13.0. The summed E-state index contributed by atoms with van der Waals surface area (Å²) in [4.78, 5) is 1.96. The quantitative estimate of drug-likeness (QED) is 0.781. The van der Waals surface area contributed by atoms with Gasteiger partial charge in [-0.2, -0.15) is 13.2 Å². The highest BCUT2D eigenvalue weighted by Crippen LogP contribution is 2.35. The van der Waals surface area contributed by atoms with Crippen LogP contribution in [0.1, 0.15) is 24.0 Å². The van der Waals surface area contributed by atoms with Gasteiger partial charge in [0, 0.05) is 31.8 Å². The van der Waals surface area contributed by atoms with E-state index >= 15 is 0 Å². The molecule has 6 heteroatoms. The molecule has 0 unspecified atom stereocenters. The van der Waals surface area contributed by atoms with Crippen molar-refractivity contribution >= 4 is 17.3 Å². The summed E-state index contributed by atoms with van der Waals surface area (Å²) in [7, 11) is 1.66. The predicted octanol–water partition coefficient (Wildman–Crippen LogP) is 4.06. The van der Waals surface area contributed by atoms with Crippen LogP contribution in [0.4, 0.5) is 18.9 Å². The van der Waals surface area contributed by atoms with Crippen molar-refractivity contribution in [1.29, 1.82) is 0 Å². The number of anilines is 1. The smallest absolute Gasteiger partial charge is 0.381 e. The molecule has 1 heterocycles. The van der Waals surface area contributed by atoms with Crippen LogP contribution >= 0.6 is 11.6 Å². The molecule has 0 saturated carbocycles. The normalized spacial score (nSPS) is 17.6. The summed E-state index contributed by atoms with van der Waals surface area (Å²) >= 11 is 5.58. The Morgan fingerprint density at radius 2 is 1.95 bits per heavy atom. The molecule has 0 N–H and O–H groups in total. The van der Waals surface area contributed by atoms with Crippen LogP contribution in [0.5, 0.6) is 0 Å². The van der Waals surface area contributed by atoms with Crippen molar-refractivity contribution in [3.8, 4) is 0 Å². The molecule has 1 aromatic carbocycles. The lowest BCUT2D eigenvalue weighted by Gasteiger charge is -2.33. The largest absolute Gasteiger partial charge is 0.416 e. The monoisotopic (exact) mass is 307 g/mol. The van der Waals surface area contributed by atoms with E-state index in [1.54, 1.807) is 13.2 Å². The first-order valence-corrected chi connectivity index (χ1v) is 7.03. The zero-order valence-corrected chi connectivity index (χ0v) is 12.0. The predicted molar refractivity (Wildman–Crippen MR) is 73.2 cm³/mol. The number of hydrogen-bond donors (Lipinski definition) is 0. The van der Waals surface area contributed by atoms with Gasteiger partial charge in [0.25, 0.3) is 0 Å². The summed E-state index contributed by atoms with van der Waals surface area (Å²) in [5, 5.41) is 0. The molecular formula is C14H17ClF3NO. The fraction of sp³-hybridized carbons (Fsp3) is 0.571. The van der Waals surface area contributed by atoms with Gasteiger partial charge < -0.3 is 9.64 Å². The fourth-order valence-corrected chi connectivity index (χ4v) is 2.72. The first kappa shape index (κ1) is 15.4. The van der Waals surface area contributed by atoms with E-state index in [4.69, 9.17) is 16.3 Å². The van der Waals surface area contributed by atoms with E-state index in [0.717, 1.165) is 12.8 Å². The van der Waals surface area contributed by atoms with Gasteiger partial charge in [0.2, 0.25) is 0 Å². The molecule has 0 radical (unpaired) electrons. The number of hydrogen-bond acceptors (Lipinski definition) is 2. The van der Waals surface area contributed by atoms with E-state index in [9.17, 15) is 13.2 Å². The summed E-state index contributed by atoms with van der Waals surface area (Å²) in [6.45, 7) is 1.41. The van der Waals surface area contributed by atoms with Gasteiger partial charge in [-0.15, -0.1) is 11.6 Å². The molecule has 1 aromatic rings. The van der Waals surface area contributed by atoms with E-state index in [2.05, 4.69) is 0 Å². The molecule has 2 nitrogen and oxygen atoms in total. The van der Waals surface area contributed by atoms with Crippen LogP contribution < -0.4 is 4.90 Å². The molecule has 0 bridgehead atoms. The number of benzene rings is 1. The number of rotatable bonds is 3. The van der Waals surface area contributed by atoms with Crippen LogP contribution in [-0.4, -0.2) is 26.3 Å². The second-order valence-electron chi connectivity index (χ2n) is 4.89. The molecule has 112 valence electrons. The lowest BCUT2D eigenvalue weighted by atomic mass is 10.0. The van der Waals surface area contributed by atoms with Crippen LogP contribution in [-0.2, 0) is 16.8 Å². The van der Waals surface area contributed by atoms with Crippen molar-refractivity contribution in [2.45, 2.75) is 31.0 Å². The van der Waals surface area contributed by atoms with E-state index in [0.29, 0.717) is 18.8 Å². The number of halogens is 4. The second kappa shape index (κ2) is 6.22. The lowest BCUT2D eigenvalue weighted by Crippen LogP contribution is -2.36. The van der Waals surface area contributed by atoms with Crippen molar-refractivity contribution < 1.29 is 17.9 Å². The van der Waals surface area contributed by atoms with Gasteiger partial charge in [0.1, 0.15) is 0 Å².